The van der Waals surface area contributed by atoms with Crippen LogP contribution >= 0.6 is 11.8 Å². The van der Waals surface area contributed by atoms with Gasteiger partial charge in [0.15, 0.2) is 0 Å². The van der Waals surface area contributed by atoms with Crippen LogP contribution in [0.5, 0.6) is 0 Å². The number of hydrogen-bond acceptors (Lipinski definition) is 3. The average molecular weight is 316 g/mol. The van der Waals surface area contributed by atoms with Crippen molar-refractivity contribution >= 4 is 23.5 Å². The molecule has 1 N–H and O–H groups in total. The van der Waals surface area contributed by atoms with E-state index in [9.17, 15) is 9.59 Å². The summed E-state index contributed by atoms with van der Waals surface area (Å²) < 4.78 is 0. The molecule has 0 aromatic carbocycles. The lowest BCUT2D eigenvalue weighted by Crippen LogP contribution is -2.21. The molecule has 0 rings (SSSR count). The molecule has 3 nitrogen and oxygen atoms in total. The first-order valence-electron chi connectivity index (χ1n) is 8.36. The minimum atomic E-state index is 0.180. The third-order valence-corrected chi connectivity index (χ3v) is 4.07. The second-order valence-corrected chi connectivity index (χ2v) is 6.85. The van der Waals surface area contributed by atoms with E-state index in [2.05, 4.69) is 5.32 Å². The number of hydrogen-bond donors (Lipinski definition) is 1. The van der Waals surface area contributed by atoms with Crippen LogP contribution in [0.3, 0.4) is 0 Å². The highest BCUT2D eigenvalue weighted by atomic mass is 32.2. The lowest BCUT2D eigenvalue weighted by molar-refractivity contribution is -0.122. The molecule has 124 valence electrons. The highest BCUT2D eigenvalue weighted by Crippen LogP contribution is 2.12. The van der Waals surface area contributed by atoms with Crippen molar-refractivity contribution in [3.8, 4) is 0 Å². The largest absolute Gasteiger partial charge is 0.347 e. The summed E-state index contributed by atoms with van der Waals surface area (Å²) in [6.45, 7) is 3.95. The highest BCUT2D eigenvalue weighted by Gasteiger charge is 2.05. The molecule has 0 bridgehead atoms. The van der Waals surface area contributed by atoms with Crippen LogP contribution in [0.2, 0.25) is 0 Å². The smallest absolute Gasteiger partial charge is 0.220 e. The monoisotopic (exact) mass is 315 g/mol. The van der Waals surface area contributed by atoms with E-state index in [4.69, 9.17) is 0 Å². The van der Waals surface area contributed by atoms with Gasteiger partial charge in [0.05, 0.1) is 5.88 Å². The number of unbranched alkanes of at least 4 members (excludes halogenated alkanes) is 7. The van der Waals surface area contributed by atoms with Gasteiger partial charge in [-0.1, -0.05) is 52.4 Å². The number of amides is 1. The molecule has 0 aliphatic carbocycles. The highest BCUT2D eigenvalue weighted by molar-refractivity contribution is 7.98. The Hall–Kier alpha value is -0.510. The van der Waals surface area contributed by atoms with Gasteiger partial charge >= 0.3 is 0 Å². The predicted octanol–water partition coefficient (Wildman–Crippen LogP) is 4.55. The fourth-order valence-corrected chi connectivity index (χ4v) is 2.48. The Labute approximate surface area is 135 Å². The summed E-state index contributed by atoms with van der Waals surface area (Å²) in [5.41, 5.74) is 0. The van der Waals surface area contributed by atoms with Gasteiger partial charge in [0.2, 0.25) is 5.91 Å². The first-order valence-corrected chi connectivity index (χ1v) is 9.75. The molecule has 4 heteroatoms. The lowest BCUT2D eigenvalue weighted by atomic mass is 10.0. The fourth-order valence-electron chi connectivity index (χ4n) is 2.18. The van der Waals surface area contributed by atoms with Crippen LogP contribution in [0.4, 0.5) is 0 Å². The molecule has 0 spiro atoms. The summed E-state index contributed by atoms with van der Waals surface area (Å²) in [5.74, 6) is 1.49. The van der Waals surface area contributed by atoms with Crippen molar-refractivity contribution in [1.29, 1.82) is 0 Å². The van der Waals surface area contributed by atoms with Gasteiger partial charge in [-0.05, 0) is 19.1 Å². The van der Waals surface area contributed by atoms with E-state index in [-0.39, 0.29) is 11.8 Å². The third kappa shape index (κ3) is 14.2. The predicted molar refractivity (Wildman–Crippen MR) is 92.5 cm³/mol. The van der Waals surface area contributed by atoms with Crippen LogP contribution in [-0.4, -0.2) is 23.8 Å². The Morgan fingerprint density at radius 3 is 1.81 bits per heavy atom. The van der Waals surface area contributed by atoms with Crippen molar-refractivity contribution in [3.63, 3.8) is 0 Å². The summed E-state index contributed by atoms with van der Waals surface area (Å²) in [6.07, 6.45) is 12.8. The number of carbonyl (C=O) groups is 2. The summed E-state index contributed by atoms with van der Waals surface area (Å²) >= 11 is 1.64. The van der Waals surface area contributed by atoms with Gasteiger partial charge in [-0.15, -0.1) is 11.8 Å². The van der Waals surface area contributed by atoms with E-state index in [1.165, 1.54) is 32.1 Å². The lowest BCUT2D eigenvalue weighted by Gasteiger charge is -2.05. The molecule has 0 aromatic heterocycles. The molecule has 21 heavy (non-hydrogen) atoms. The maximum Gasteiger partial charge on any atom is 0.220 e. The fraction of sp³-hybridized carbons (Fsp3) is 0.882. The van der Waals surface area contributed by atoms with Crippen molar-refractivity contribution in [2.45, 2.75) is 78.1 Å². The first-order chi connectivity index (χ1) is 10.1. The van der Waals surface area contributed by atoms with Crippen LogP contribution in [-0.2, 0) is 9.59 Å². The standard InChI is InChI=1S/C17H33NO2S/c1-15(2)16(19)12-10-8-6-4-5-7-9-11-13-17(20)18-14-21-3/h15H,4-14H2,1-3H3,(H,18,20). The van der Waals surface area contributed by atoms with Gasteiger partial charge < -0.3 is 5.32 Å². The number of nitrogens with one attached hydrogen (secondary N) is 1. The van der Waals surface area contributed by atoms with Crippen molar-refractivity contribution in [2.24, 2.45) is 5.92 Å². The maximum absolute atomic E-state index is 11.4. The molecule has 0 fully saturated rings. The Balaban J connectivity index is 3.19. The molecular weight excluding hydrogens is 282 g/mol. The van der Waals surface area contributed by atoms with Gasteiger partial charge in [-0.3, -0.25) is 9.59 Å². The second-order valence-electron chi connectivity index (χ2n) is 5.98. The van der Waals surface area contributed by atoms with E-state index < -0.39 is 0 Å². The summed E-state index contributed by atoms with van der Waals surface area (Å²) in [5, 5.41) is 2.87. The van der Waals surface area contributed by atoms with Crippen LogP contribution in [0.1, 0.15) is 78.1 Å². The van der Waals surface area contributed by atoms with Crippen molar-refractivity contribution in [2.75, 3.05) is 12.1 Å². The number of carbonyl (C=O) groups excluding carboxylic acids is 2. The molecule has 1 amide bonds. The summed E-state index contributed by atoms with van der Waals surface area (Å²) in [6, 6.07) is 0. The number of thioether (sulfide) groups is 1. The first kappa shape index (κ1) is 20.5. The number of ketones is 1. The molecule has 0 aliphatic rings. The van der Waals surface area contributed by atoms with E-state index in [0.29, 0.717) is 12.2 Å². The van der Waals surface area contributed by atoms with Crippen LogP contribution in [0, 0.1) is 5.92 Å². The number of Topliss-reactive ketones (excluding diaryl/α,β-unsaturated/α-hetero) is 1. The maximum atomic E-state index is 11.4. The Morgan fingerprint density at radius 1 is 0.857 bits per heavy atom. The molecule has 0 saturated heterocycles. The van der Waals surface area contributed by atoms with Crippen molar-refractivity contribution < 1.29 is 9.59 Å². The second kappa shape index (κ2) is 14.4. The van der Waals surface area contributed by atoms with Crippen LogP contribution < -0.4 is 5.32 Å². The molecule has 0 saturated carbocycles. The zero-order chi connectivity index (χ0) is 15.9. The average Bonchev–Trinajstić information content (AvgIpc) is 2.46. The van der Waals surface area contributed by atoms with Gasteiger partial charge in [0, 0.05) is 18.8 Å². The molecule has 0 heterocycles. The minimum absolute atomic E-state index is 0.180. The molecule has 0 aliphatic heterocycles. The van der Waals surface area contributed by atoms with E-state index in [1.54, 1.807) is 11.8 Å². The van der Waals surface area contributed by atoms with Crippen molar-refractivity contribution in [1.82, 2.24) is 5.32 Å². The number of rotatable bonds is 14. The van der Waals surface area contributed by atoms with Gasteiger partial charge in [0.25, 0.3) is 0 Å². The molecule has 0 atom stereocenters. The Bertz CT molecular complexity index is 280. The van der Waals surface area contributed by atoms with Crippen LogP contribution in [0.15, 0.2) is 0 Å². The zero-order valence-electron chi connectivity index (χ0n) is 14.1. The SMILES string of the molecule is CSCNC(=O)CCCCCCCCCCC(=O)C(C)C. The quantitative estimate of drug-likeness (QED) is 0.378. The third-order valence-electron chi connectivity index (χ3n) is 3.63. The molecule has 0 radical (unpaired) electrons. The van der Waals surface area contributed by atoms with Crippen LogP contribution in [0.25, 0.3) is 0 Å². The summed E-state index contributed by atoms with van der Waals surface area (Å²) in [4.78, 5) is 22.8. The Morgan fingerprint density at radius 2 is 1.33 bits per heavy atom. The minimum Gasteiger partial charge on any atom is -0.347 e. The van der Waals surface area contributed by atoms with Gasteiger partial charge in [-0.25, -0.2) is 0 Å². The van der Waals surface area contributed by atoms with E-state index in [0.717, 1.165) is 31.6 Å². The summed E-state index contributed by atoms with van der Waals surface area (Å²) in [7, 11) is 0. The molecular formula is C17H33NO2S. The Kier molecular flexibility index (Phi) is 14.1. The zero-order valence-corrected chi connectivity index (χ0v) is 14.9. The topological polar surface area (TPSA) is 46.2 Å². The van der Waals surface area contributed by atoms with E-state index in [1.807, 2.05) is 20.1 Å². The normalized spacial score (nSPS) is 10.9. The van der Waals surface area contributed by atoms with Gasteiger partial charge in [-0.2, -0.15) is 0 Å². The van der Waals surface area contributed by atoms with E-state index >= 15 is 0 Å². The van der Waals surface area contributed by atoms with Crippen molar-refractivity contribution in [3.05, 3.63) is 0 Å². The molecule has 0 unspecified atom stereocenters. The molecule has 0 aromatic rings. The van der Waals surface area contributed by atoms with Gasteiger partial charge in [0.1, 0.15) is 5.78 Å².